The van der Waals surface area contributed by atoms with Gasteiger partial charge in [-0.05, 0) is 24.1 Å². The Bertz CT molecular complexity index is 416. The van der Waals surface area contributed by atoms with Gasteiger partial charge in [0.1, 0.15) is 0 Å². The molecule has 0 spiro atoms. The maximum absolute atomic E-state index is 11.6. The molecular formula is C11H12Cl2N2O. The minimum atomic E-state index is -0.310. The van der Waals surface area contributed by atoms with Crippen molar-refractivity contribution in [2.24, 2.45) is 11.0 Å². The third-order valence-electron chi connectivity index (χ3n) is 1.72. The molecule has 0 aliphatic heterocycles. The molecule has 0 saturated carbocycles. The molecule has 16 heavy (non-hydrogen) atoms. The van der Waals surface area contributed by atoms with Crippen molar-refractivity contribution in [3.05, 3.63) is 33.8 Å². The fourth-order valence-corrected chi connectivity index (χ4v) is 1.24. The predicted molar refractivity (Wildman–Crippen MR) is 67.3 cm³/mol. The first-order valence-electron chi connectivity index (χ1n) is 4.79. The largest absolute Gasteiger partial charge is 0.271 e. The summed E-state index contributed by atoms with van der Waals surface area (Å²) in [6.07, 6.45) is 1.65. The predicted octanol–water partition coefficient (Wildman–Crippen LogP) is 3.37. The average molecular weight is 259 g/mol. The number of benzene rings is 1. The van der Waals surface area contributed by atoms with E-state index in [4.69, 9.17) is 23.2 Å². The van der Waals surface area contributed by atoms with Crippen LogP contribution in [0.3, 0.4) is 0 Å². The molecule has 1 aromatic rings. The molecule has 3 nitrogen and oxygen atoms in total. The van der Waals surface area contributed by atoms with E-state index >= 15 is 0 Å². The summed E-state index contributed by atoms with van der Waals surface area (Å²) in [7, 11) is 0. The molecule has 0 aromatic heterocycles. The average Bonchev–Trinajstić information content (AvgIpc) is 2.21. The van der Waals surface area contributed by atoms with E-state index in [0.29, 0.717) is 15.6 Å². The van der Waals surface area contributed by atoms with Crippen LogP contribution in [0.1, 0.15) is 24.2 Å². The highest BCUT2D eigenvalue weighted by Gasteiger charge is 2.06. The van der Waals surface area contributed by atoms with Crippen LogP contribution in [0.5, 0.6) is 0 Å². The van der Waals surface area contributed by atoms with E-state index in [2.05, 4.69) is 10.5 Å². The number of nitrogens with zero attached hydrogens (tertiary/aromatic N) is 1. The fourth-order valence-electron chi connectivity index (χ4n) is 0.947. The molecule has 0 unspecified atom stereocenters. The first-order chi connectivity index (χ1) is 7.50. The number of rotatable bonds is 3. The van der Waals surface area contributed by atoms with Crippen LogP contribution in [0.4, 0.5) is 0 Å². The Hall–Kier alpha value is -1.06. The van der Waals surface area contributed by atoms with E-state index in [1.165, 1.54) is 6.07 Å². The van der Waals surface area contributed by atoms with Gasteiger partial charge in [0.05, 0.1) is 10.0 Å². The molecule has 0 heterocycles. The van der Waals surface area contributed by atoms with E-state index in [9.17, 15) is 4.79 Å². The Balaban J connectivity index is 2.70. The molecule has 5 heteroatoms. The molecule has 0 aliphatic carbocycles. The van der Waals surface area contributed by atoms with Crippen molar-refractivity contribution in [3.8, 4) is 0 Å². The van der Waals surface area contributed by atoms with Gasteiger partial charge < -0.3 is 0 Å². The monoisotopic (exact) mass is 258 g/mol. The van der Waals surface area contributed by atoms with Gasteiger partial charge in [-0.1, -0.05) is 37.0 Å². The molecule has 1 aromatic carbocycles. The summed E-state index contributed by atoms with van der Waals surface area (Å²) in [4.78, 5) is 11.6. The Morgan fingerprint density at radius 2 is 2.06 bits per heavy atom. The van der Waals surface area contributed by atoms with Crippen LogP contribution in [0, 0.1) is 5.92 Å². The Labute approximate surface area is 104 Å². The zero-order valence-electron chi connectivity index (χ0n) is 9.00. The fraction of sp³-hybridized carbons (Fsp3) is 0.273. The van der Waals surface area contributed by atoms with Gasteiger partial charge >= 0.3 is 0 Å². The lowest BCUT2D eigenvalue weighted by Crippen LogP contribution is -2.17. The maximum Gasteiger partial charge on any atom is 0.271 e. The lowest BCUT2D eigenvalue weighted by molar-refractivity contribution is 0.0955. The lowest BCUT2D eigenvalue weighted by atomic mass is 10.2. The van der Waals surface area contributed by atoms with Gasteiger partial charge in [-0.2, -0.15) is 5.10 Å². The van der Waals surface area contributed by atoms with Crippen molar-refractivity contribution in [2.75, 3.05) is 0 Å². The summed E-state index contributed by atoms with van der Waals surface area (Å²) in [5.41, 5.74) is 2.83. The number of nitrogens with one attached hydrogen (secondary N) is 1. The zero-order chi connectivity index (χ0) is 12.1. The van der Waals surface area contributed by atoms with E-state index < -0.39 is 0 Å². The number of hydrazone groups is 1. The molecule has 86 valence electrons. The quantitative estimate of drug-likeness (QED) is 0.656. The number of hydrogen-bond acceptors (Lipinski definition) is 2. The standard InChI is InChI=1S/C11H12Cl2N2O/c1-7(2)6-14-15-11(16)8-3-4-9(12)10(13)5-8/h3-7H,1-2H3,(H,15,16). The van der Waals surface area contributed by atoms with E-state index in [-0.39, 0.29) is 11.8 Å². The van der Waals surface area contributed by atoms with Gasteiger partial charge in [-0.15, -0.1) is 0 Å². The summed E-state index contributed by atoms with van der Waals surface area (Å²) in [5, 5.41) is 4.57. The number of carbonyl (C=O) groups excluding carboxylic acids is 1. The summed E-state index contributed by atoms with van der Waals surface area (Å²) < 4.78 is 0. The normalized spacial score (nSPS) is 11.1. The van der Waals surface area contributed by atoms with E-state index in [1.807, 2.05) is 13.8 Å². The van der Waals surface area contributed by atoms with Gasteiger partial charge in [0, 0.05) is 11.8 Å². The second-order valence-electron chi connectivity index (χ2n) is 3.59. The Morgan fingerprint density at radius 1 is 1.38 bits per heavy atom. The van der Waals surface area contributed by atoms with Gasteiger partial charge in [0.15, 0.2) is 0 Å². The SMILES string of the molecule is CC(C)C=NNC(=O)c1ccc(Cl)c(Cl)c1. The maximum atomic E-state index is 11.6. The molecular weight excluding hydrogens is 247 g/mol. The van der Waals surface area contributed by atoms with Crippen LogP contribution in [0.25, 0.3) is 0 Å². The van der Waals surface area contributed by atoms with Crippen molar-refractivity contribution >= 4 is 35.3 Å². The number of halogens is 2. The molecule has 1 rings (SSSR count). The highest BCUT2D eigenvalue weighted by atomic mass is 35.5. The van der Waals surface area contributed by atoms with Crippen molar-refractivity contribution in [3.63, 3.8) is 0 Å². The van der Waals surface area contributed by atoms with E-state index in [1.54, 1.807) is 18.3 Å². The van der Waals surface area contributed by atoms with Gasteiger partial charge in [-0.3, -0.25) is 4.79 Å². The number of amides is 1. The van der Waals surface area contributed by atoms with Crippen LogP contribution in [-0.2, 0) is 0 Å². The van der Waals surface area contributed by atoms with Crippen LogP contribution < -0.4 is 5.43 Å². The second-order valence-corrected chi connectivity index (χ2v) is 4.41. The minimum absolute atomic E-state index is 0.286. The first kappa shape index (κ1) is 13.0. The van der Waals surface area contributed by atoms with Crippen LogP contribution >= 0.6 is 23.2 Å². The molecule has 1 N–H and O–H groups in total. The molecule has 0 aliphatic rings. The number of hydrogen-bond donors (Lipinski definition) is 1. The molecule has 0 fully saturated rings. The summed E-state index contributed by atoms with van der Waals surface area (Å²) in [5.74, 6) is -0.0235. The Kier molecular flexibility index (Phi) is 4.77. The zero-order valence-corrected chi connectivity index (χ0v) is 10.5. The van der Waals surface area contributed by atoms with Crippen LogP contribution in [0.2, 0.25) is 10.0 Å². The van der Waals surface area contributed by atoms with Crippen LogP contribution in [0.15, 0.2) is 23.3 Å². The third-order valence-corrected chi connectivity index (χ3v) is 2.46. The smallest absolute Gasteiger partial charge is 0.267 e. The molecule has 0 saturated heterocycles. The van der Waals surface area contributed by atoms with Crippen molar-refractivity contribution < 1.29 is 4.79 Å². The summed E-state index contributed by atoms with van der Waals surface area (Å²) >= 11 is 11.5. The summed E-state index contributed by atoms with van der Waals surface area (Å²) in [6, 6.07) is 4.67. The lowest BCUT2D eigenvalue weighted by Gasteiger charge is -2.02. The van der Waals surface area contributed by atoms with Crippen molar-refractivity contribution in [1.82, 2.24) is 5.43 Å². The topological polar surface area (TPSA) is 41.5 Å². The van der Waals surface area contributed by atoms with Gasteiger partial charge in [-0.25, -0.2) is 5.43 Å². The molecule has 0 radical (unpaired) electrons. The first-order valence-corrected chi connectivity index (χ1v) is 5.55. The van der Waals surface area contributed by atoms with Crippen molar-refractivity contribution in [2.45, 2.75) is 13.8 Å². The van der Waals surface area contributed by atoms with Crippen molar-refractivity contribution in [1.29, 1.82) is 0 Å². The number of carbonyl (C=O) groups is 1. The van der Waals surface area contributed by atoms with Crippen LogP contribution in [-0.4, -0.2) is 12.1 Å². The highest BCUT2D eigenvalue weighted by molar-refractivity contribution is 6.42. The second kappa shape index (κ2) is 5.87. The minimum Gasteiger partial charge on any atom is -0.267 e. The highest BCUT2D eigenvalue weighted by Crippen LogP contribution is 2.22. The van der Waals surface area contributed by atoms with Gasteiger partial charge in [0.25, 0.3) is 5.91 Å². The third kappa shape index (κ3) is 3.83. The van der Waals surface area contributed by atoms with E-state index in [0.717, 1.165) is 0 Å². The summed E-state index contributed by atoms with van der Waals surface area (Å²) in [6.45, 7) is 3.93. The molecule has 0 bridgehead atoms. The Morgan fingerprint density at radius 3 is 2.62 bits per heavy atom. The van der Waals surface area contributed by atoms with Gasteiger partial charge in [0.2, 0.25) is 0 Å². The molecule has 0 atom stereocenters. The molecule has 1 amide bonds.